The standard InChI is InChI=1S/C16H32N2O3/c1-13(2)21-11-5-8-17-15(19)14-6-9-18(10-7-14)12-16(3,4)20/h13-14,20H,5-12H2,1-4H3,(H,17,19). The number of rotatable bonds is 8. The number of nitrogens with one attached hydrogen (secondary N) is 1. The van der Waals surface area contributed by atoms with Gasteiger partial charge in [-0.2, -0.15) is 0 Å². The highest BCUT2D eigenvalue weighted by Gasteiger charge is 2.27. The van der Waals surface area contributed by atoms with Crippen LogP contribution in [0, 0.1) is 5.92 Å². The molecule has 0 aliphatic carbocycles. The van der Waals surface area contributed by atoms with Crippen LogP contribution in [0.4, 0.5) is 0 Å². The highest BCUT2D eigenvalue weighted by molar-refractivity contribution is 5.78. The zero-order valence-corrected chi connectivity index (χ0v) is 14.0. The second kappa shape index (κ2) is 8.71. The predicted molar refractivity (Wildman–Crippen MR) is 84.2 cm³/mol. The molecule has 0 radical (unpaired) electrons. The number of carbonyl (C=O) groups is 1. The van der Waals surface area contributed by atoms with E-state index in [9.17, 15) is 9.90 Å². The summed E-state index contributed by atoms with van der Waals surface area (Å²) in [5.41, 5.74) is -0.661. The molecular weight excluding hydrogens is 268 g/mol. The summed E-state index contributed by atoms with van der Waals surface area (Å²) in [7, 11) is 0. The van der Waals surface area contributed by atoms with Crippen molar-refractivity contribution in [2.45, 2.75) is 58.7 Å². The van der Waals surface area contributed by atoms with Crippen LogP contribution >= 0.6 is 0 Å². The van der Waals surface area contributed by atoms with Gasteiger partial charge in [-0.05, 0) is 60.0 Å². The molecule has 1 amide bonds. The van der Waals surface area contributed by atoms with E-state index in [4.69, 9.17) is 4.74 Å². The summed E-state index contributed by atoms with van der Waals surface area (Å²) in [5.74, 6) is 0.288. The summed E-state index contributed by atoms with van der Waals surface area (Å²) in [5, 5.41) is 12.8. The molecule has 5 nitrogen and oxygen atoms in total. The van der Waals surface area contributed by atoms with E-state index >= 15 is 0 Å². The lowest BCUT2D eigenvalue weighted by Crippen LogP contribution is -2.45. The molecule has 0 saturated carbocycles. The van der Waals surface area contributed by atoms with Crippen molar-refractivity contribution in [1.29, 1.82) is 0 Å². The predicted octanol–water partition coefficient (Wildman–Crippen LogP) is 1.40. The van der Waals surface area contributed by atoms with E-state index in [-0.39, 0.29) is 17.9 Å². The Morgan fingerprint density at radius 2 is 2.00 bits per heavy atom. The summed E-state index contributed by atoms with van der Waals surface area (Å²) in [4.78, 5) is 14.3. The van der Waals surface area contributed by atoms with Crippen molar-refractivity contribution < 1.29 is 14.6 Å². The van der Waals surface area contributed by atoms with Crippen LogP contribution in [0.3, 0.4) is 0 Å². The van der Waals surface area contributed by atoms with Crippen molar-refractivity contribution in [3.05, 3.63) is 0 Å². The minimum atomic E-state index is -0.661. The van der Waals surface area contributed by atoms with Gasteiger partial charge in [0.25, 0.3) is 0 Å². The number of hydrogen-bond donors (Lipinski definition) is 2. The molecule has 1 aliphatic heterocycles. The van der Waals surface area contributed by atoms with Crippen molar-refractivity contribution in [2.75, 3.05) is 32.8 Å². The molecule has 21 heavy (non-hydrogen) atoms. The first kappa shape index (κ1) is 18.4. The molecule has 1 aliphatic rings. The van der Waals surface area contributed by atoms with Gasteiger partial charge in [0.1, 0.15) is 0 Å². The number of likely N-dealkylation sites (tertiary alicyclic amines) is 1. The van der Waals surface area contributed by atoms with Gasteiger partial charge >= 0.3 is 0 Å². The first-order valence-electron chi connectivity index (χ1n) is 8.12. The van der Waals surface area contributed by atoms with Gasteiger partial charge in [-0.15, -0.1) is 0 Å². The largest absolute Gasteiger partial charge is 0.389 e. The van der Waals surface area contributed by atoms with Gasteiger partial charge in [-0.3, -0.25) is 4.79 Å². The summed E-state index contributed by atoms with van der Waals surface area (Å²) in [6.45, 7) is 11.5. The molecule has 0 aromatic heterocycles. The molecule has 1 heterocycles. The fourth-order valence-corrected chi connectivity index (χ4v) is 2.65. The maximum atomic E-state index is 12.1. The second-order valence-corrected chi connectivity index (χ2v) is 6.93. The minimum absolute atomic E-state index is 0.120. The van der Waals surface area contributed by atoms with Crippen molar-refractivity contribution in [2.24, 2.45) is 5.92 Å². The number of piperidine rings is 1. The van der Waals surface area contributed by atoms with Crippen LogP contribution in [0.25, 0.3) is 0 Å². The lowest BCUT2D eigenvalue weighted by Gasteiger charge is -2.34. The zero-order valence-electron chi connectivity index (χ0n) is 14.0. The maximum Gasteiger partial charge on any atom is 0.223 e. The van der Waals surface area contributed by atoms with Crippen molar-refractivity contribution >= 4 is 5.91 Å². The first-order chi connectivity index (χ1) is 9.78. The molecule has 2 N–H and O–H groups in total. The number of amides is 1. The van der Waals surface area contributed by atoms with Crippen LogP contribution < -0.4 is 5.32 Å². The second-order valence-electron chi connectivity index (χ2n) is 6.93. The Balaban J connectivity index is 2.14. The quantitative estimate of drug-likeness (QED) is 0.665. The third kappa shape index (κ3) is 8.39. The lowest BCUT2D eigenvalue weighted by molar-refractivity contribution is -0.126. The summed E-state index contributed by atoms with van der Waals surface area (Å²) >= 11 is 0. The molecule has 124 valence electrons. The average Bonchev–Trinajstić information content (AvgIpc) is 2.36. The third-order valence-electron chi connectivity index (χ3n) is 3.64. The van der Waals surface area contributed by atoms with E-state index in [2.05, 4.69) is 10.2 Å². The summed E-state index contributed by atoms with van der Waals surface area (Å²) < 4.78 is 5.45. The fraction of sp³-hybridized carbons (Fsp3) is 0.938. The molecule has 1 saturated heterocycles. The van der Waals surface area contributed by atoms with Crippen LogP contribution in [0.2, 0.25) is 0 Å². The SMILES string of the molecule is CC(C)OCCCNC(=O)C1CCN(CC(C)(C)O)CC1. The van der Waals surface area contributed by atoms with E-state index in [0.717, 1.165) is 32.4 Å². The van der Waals surface area contributed by atoms with E-state index in [1.807, 2.05) is 27.7 Å². The minimum Gasteiger partial charge on any atom is -0.389 e. The van der Waals surface area contributed by atoms with Crippen molar-refractivity contribution in [3.63, 3.8) is 0 Å². The number of aliphatic hydroxyl groups is 1. The molecule has 1 fully saturated rings. The van der Waals surface area contributed by atoms with Gasteiger partial charge in [0, 0.05) is 25.6 Å². The van der Waals surface area contributed by atoms with Crippen molar-refractivity contribution in [1.82, 2.24) is 10.2 Å². The Morgan fingerprint density at radius 1 is 1.38 bits per heavy atom. The monoisotopic (exact) mass is 300 g/mol. The topological polar surface area (TPSA) is 61.8 Å². The molecule has 1 rings (SSSR count). The van der Waals surface area contributed by atoms with Crippen molar-refractivity contribution in [3.8, 4) is 0 Å². The number of nitrogens with zero attached hydrogens (tertiary/aromatic N) is 1. The van der Waals surface area contributed by atoms with Gasteiger partial charge in [-0.25, -0.2) is 0 Å². The van der Waals surface area contributed by atoms with Gasteiger partial charge in [0.2, 0.25) is 5.91 Å². The number of ether oxygens (including phenoxy) is 1. The van der Waals surface area contributed by atoms with Gasteiger partial charge in [0.05, 0.1) is 11.7 Å². The number of hydrogen-bond acceptors (Lipinski definition) is 4. The number of β-amino-alcohol motifs (C(OH)–C–C–N with tert-alkyl or cyclic N) is 1. The molecule has 0 aromatic rings. The first-order valence-corrected chi connectivity index (χ1v) is 8.12. The Labute approximate surface area is 129 Å². The number of carbonyl (C=O) groups excluding carboxylic acids is 1. The summed E-state index contributed by atoms with van der Waals surface area (Å²) in [6, 6.07) is 0. The highest BCUT2D eigenvalue weighted by atomic mass is 16.5. The Morgan fingerprint density at radius 3 is 2.52 bits per heavy atom. The third-order valence-corrected chi connectivity index (χ3v) is 3.64. The van der Waals surface area contributed by atoms with E-state index in [1.165, 1.54) is 0 Å². The van der Waals surface area contributed by atoms with Crippen LogP contribution in [0.1, 0.15) is 47.0 Å². The molecular formula is C16H32N2O3. The van der Waals surface area contributed by atoms with E-state index in [0.29, 0.717) is 19.7 Å². The Hall–Kier alpha value is -0.650. The van der Waals surface area contributed by atoms with Gasteiger partial charge in [0.15, 0.2) is 0 Å². The Bertz CT molecular complexity index is 305. The van der Waals surface area contributed by atoms with Gasteiger partial charge < -0.3 is 20.1 Å². The molecule has 0 spiro atoms. The fourth-order valence-electron chi connectivity index (χ4n) is 2.65. The van der Waals surface area contributed by atoms with Crippen LogP contribution in [-0.4, -0.2) is 60.4 Å². The maximum absolute atomic E-state index is 12.1. The van der Waals surface area contributed by atoms with E-state index < -0.39 is 5.60 Å². The average molecular weight is 300 g/mol. The molecule has 5 heteroatoms. The molecule has 0 atom stereocenters. The molecule has 0 aromatic carbocycles. The highest BCUT2D eigenvalue weighted by Crippen LogP contribution is 2.19. The summed E-state index contributed by atoms with van der Waals surface area (Å²) in [6.07, 6.45) is 2.87. The Kier molecular flexibility index (Phi) is 7.63. The van der Waals surface area contributed by atoms with Crippen LogP contribution in [-0.2, 0) is 9.53 Å². The zero-order chi connectivity index (χ0) is 15.9. The van der Waals surface area contributed by atoms with E-state index in [1.54, 1.807) is 0 Å². The van der Waals surface area contributed by atoms with Crippen LogP contribution in [0.15, 0.2) is 0 Å². The molecule has 0 unspecified atom stereocenters. The van der Waals surface area contributed by atoms with Gasteiger partial charge in [-0.1, -0.05) is 0 Å². The lowest BCUT2D eigenvalue weighted by atomic mass is 9.95. The smallest absolute Gasteiger partial charge is 0.223 e. The van der Waals surface area contributed by atoms with Crippen LogP contribution in [0.5, 0.6) is 0 Å². The normalized spacial score (nSPS) is 18.2. The molecule has 0 bridgehead atoms.